The lowest BCUT2D eigenvalue weighted by Gasteiger charge is -2.22. The molecule has 6 nitrogen and oxygen atoms in total. The molecule has 0 amide bonds. The zero-order valence-electron chi connectivity index (χ0n) is 11.2. The molecule has 1 fully saturated rings. The van der Waals surface area contributed by atoms with E-state index in [1.165, 1.54) is 6.07 Å². The summed E-state index contributed by atoms with van der Waals surface area (Å²) >= 11 is 0. The average Bonchev–Trinajstić information content (AvgIpc) is 2.48. The SMILES string of the molecule is O=[N+]([O-])c1ccccc1CCOC1CCC(=NO)CC1. The molecule has 0 unspecified atom stereocenters. The monoisotopic (exact) mass is 278 g/mol. The van der Waals surface area contributed by atoms with Crippen molar-refractivity contribution in [2.24, 2.45) is 5.16 Å². The number of nitrogens with zero attached hydrogens (tertiary/aromatic N) is 2. The summed E-state index contributed by atoms with van der Waals surface area (Å²) in [6.07, 6.45) is 3.89. The van der Waals surface area contributed by atoms with Gasteiger partial charge < -0.3 is 9.94 Å². The van der Waals surface area contributed by atoms with Crippen LogP contribution in [-0.2, 0) is 11.2 Å². The van der Waals surface area contributed by atoms with Gasteiger partial charge in [-0.25, -0.2) is 0 Å². The Kier molecular flexibility index (Phi) is 5.06. The summed E-state index contributed by atoms with van der Waals surface area (Å²) in [5.74, 6) is 0. The van der Waals surface area contributed by atoms with Gasteiger partial charge in [0.25, 0.3) is 5.69 Å². The maximum Gasteiger partial charge on any atom is 0.272 e. The Morgan fingerprint density at radius 2 is 2.05 bits per heavy atom. The van der Waals surface area contributed by atoms with Crippen LogP contribution < -0.4 is 0 Å². The van der Waals surface area contributed by atoms with Gasteiger partial charge in [0.2, 0.25) is 0 Å². The summed E-state index contributed by atoms with van der Waals surface area (Å²) in [7, 11) is 0. The number of oxime groups is 1. The number of rotatable bonds is 5. The summed E-state index contributed by atoms with van der Waals surface area (Å²) in [6.45, 7) is 0.473. The maximum absolute atomic E-state index is 10.9. The molecule has 0 spiro atoms. The molecular weight excluding hydrogens is 260 g/mol. The fourth-order valence-electron chi connectivity index (χ4n) is 2.43. The minimum absolute atomic E-state index is 0.148. The van der Waals surface area contributed by atoms with Gasteiger partial charge in [-0.3, -0.25) is 10.1 Å². The third-order valence-electron chi connectivity index (χ3n) is 3.56. The Morgan fingerprint density at radius 1 is 1.35 bits per heavy atom. The zero-order valence-corrected chi connectivity index (χ0v) is 11.2. The van der Waals surface area contributed by atoms with Crippen molar-refractivity contribution in [2.75, 3.05) is 6.61 Å². The van der Waals surface area contributed by atoms with Gasteiger partial charge in [0, 0.05) is 18.1 Å². The molecule has 108 valence electrons. The van der Waals surface area contributed by atoms with Gasteiger partial charge >= 0.3 is 0 Å². The molecule has 0 saturated heterocycles. The Labute approximate surface area is 117 Å². The maximum atomic E-state index is 10.9. The van der Waals surface area contributed by atoms with E-state index in [1.807, 2.05) is 0 Å². The highest BCUT2D eigenvalue weighted by Gasteiger charge is 2.19. The molecule has 0 aromatic heterocycles. The average molecular weight is 278 g/mol. The Balaban J connectivity index is 1.81. The number of hydrogen-bond acceptors (Lipinski definition) is 5. The van der Waals surface area contributed by atoms with Crippen molar-refractivity contribution in [2.45, 2.75) is 38.2 Å². The van der Waals surface area contributed by atoms with E-state index in [4.69, 9.17) is 9.94 Å². The molecule has 1 N–H and O–H groups in total. The van der Waals surface area contributed by atoms with Crippen LogP contribution in [-0.4, -0.2) is 28.6 Å². The minimum Gasteiger partial charge on any atom is -0.411 e. The summed E-state index contributed by atoms with van der Waals surface area (Å²) in [5.41, 5.74) is 1.67. The second-order valence-corrected chi connectivity index (χ2v) is 4.87. The molecule has 1 aromatic carbocycles. The predicted molar refractivity (Wildman–Crippen MR) is 74.2 cm³/mol. The second-order valence-electron chi connectivity index (χ2n) is 4.87. The molecular formula is C14H18N2O4. The van der Waals surface area contributed by atoms with Crippen molar-refractivity contribution >= 4 is 11.4 Å². The van der Waals surface area contributed by atoms with Crippen LogP contribution in [0.2, 0.25) is 0 Å². The highest BCUT2D eigenvalue weighted by Crippen LogP contribution is 2.21. The first-order valence-electron chi connectivity index (χ1n) is 6.74. The predicted octanol–water partition coefficient (Wildman–Crippen LogP) is 2.93. The van der Waals surface area contributed by atoms with Crippen LogP contribution in [0.3, 0.4) is 0 Å². The van der Waals surface area contributed by atoms with E-state index >= 15 is 0 Å². The molecule has 1 aromatic rings. The van der Waals surface area contributed by atoms with E-state index in [-0.39, 0.29) is 16.7 Å². The number of benzene rings is 1. The number of ether oxygens (including phenoxy) is 1. The lowest BCUT2D eigenvalue weighted by molar-refractivity contribution is -0.385. The summed E-state index contributed by atoms with van der Waals surface area (Å²) in [6, 6.07) is 6.74. The van der Waals surface area contributed by atoms with Crippen LogP contribution in [0, 0.1) is 10.1 Å². The fourth-order valence-corrected chi connectivity index (χ4v) is 2.43. The van der Waals surface area contributed by atoms with Gasteiger partial charge in [-0.1, -0.05) is 23.4 Å². The largest absolute Gasteiger partial charge is 0.411 e. The highest BCUT2D eigenvalue weighted by molar-refractivity contribution is 5.84. The minimum atomic E-state index is -0.361. The molecule has 0 radical (unpaired) electrons. The molecule has 20 heavy (non-hydrogen) atoms. The lowest BCUT2D eigenvalue weighted by atomic mass is 9.96. The first-order valence-corrected chi connectivity index (χ1v) is 6.74. The summed E-state index contributed by atoms with van der Waals surface area (Å²) < 4.78 is 5.76. The molecule has 6 heteroatoms. The third kappa shape index (κ3) is 3.77. The fraction of sp³-hybridized carbons (Fsp3) is 0.500. The van der Waals surface area contributed by atoms with E-state index in [9.17, 15) is 10.1 Å². The molecule has 0 heterocycles. The van der Waals surface area contributed by atoms with Gasteiger partial charge in [0.15, 0.2) is 0 Å². The molecule has 0 aliphatic heterocycles. The summed E-state index contributed by atoms with van der Waals surface area (Å²) in [4.78, 5) is 10.5. The topological polar surface area (TPSA) is 85.0 Å². The number of para-hydroxylation sites is 1. The number of nitro benzene ring substituents is 1. The van der Waals surface area contributed by atoms with Crippen LogP contribution in [0.1, 0.15) is 31.2 Å². The van der Waals surface area contributed by atoms with E-state index in [0.29, 0.717) is 18.6 Å². The van der Waals surface area contributed by atoms with Crippen molar-refractivity contribution in [3.63, 3.8) is 0 Å². The molecule has 1 aliphatic carbocycles. The van der Waals surface area contributed by atoms with Crippen molar-refractivity contribution in [3.8, 4) is 0 Å². The van der Waals surface area contributed by atoms with Crippen LogP contribution in [0.25, 0.3) is 0 Å². The van der Waals surface area contributed by atoms with E-state index in [2.05, 4.69) is 5.16 Å². The first-order chi connectivity index (χ1) is 9.70. The summed E-state index contributed by atoms with van der Waals surface area (Å²) in [5, 5.41) is 22.8. The normalized spacial score (nSPS) is 18.8. The van der Waals surface area contributed by atoms with Crippen molar-refractivity contribution in [1.82, 2.24) is 0 Å². The Morgan fingerprint density at radius 3 is 2.70 bits per heavy atom. The Bertz CT molecular complexity index is 492. The first kappa shape index (κ1) is 14.5. The van der Waals surface area contributed by atoms with E-state index < -0.39 is 0 Å². The van der Waals surface area contributed by atoms with Crippen molar-refractivity contribution < 1.29 is 14.9 Å². The third-order valence-corrected chi connectivity index (χ3v) is 3.56. The van der Waals surface area contributed by atoms with E-state index in [1.54, 1.807) is 18.2 Å². The van der Waals surface area contributed by atoms with Crippen LogP contribution >= 0.6 is 0 Å². The lowest BCUT2D eigenvalue weighted by Crippen LogP contribution is -2.22. The van der Waals surface area contributed by atoms with Crippen LogP contribution in [0.4, 0.5) is 5.69 Å². The van der Waals surface area contributed by atoms with Crippen LogP contribution in [0.5, 0.6) is 0 Å². The quantitative estimate of drug-likeness (QED) is 0.510. The Hall–Kier alpha value is -1.95. The molecule has 1 aliphatic rings. The van der Waals surface area contributed by atoms with Crippen molar-refractivity contribution in [3.05, 3.63) is 39.9 Å². The second kappa shape index (κ2) is 7.00. The van der Waals surface area contributed by atoms with Gasteiger partial charge in [-0.15, -0.1) is 0 Å². The molecule has 0 atom stereocenters. The van der Waals surface area contributed by atoms with Crippen molar-refractivity contribution in [1.29, 1.82) is 0 Å². The van der Waals surface area contributed by atoms with Gasteiger partial charge in [-0.2, -0.15) is 0 Å². The molecule has 1 saturated carbocycles. The molecule has 2 rings (SSSR count). The standard InChI is InChI=1S/C14H18N2O4/c17-15-12-5-7-13(8-6-12)20-10-9-11-3-1-2-4-14(11)16(18)19/h1-4,13,17H,5-10H2. The van der Waals surface area contributed by atoms with Gasteiger partial charge in [0.1, 0.15) is 0 Å². The van der Waals surface area contributed by atoms with Gasteiger partial charge in [-0.05, 0) is 25.7 Å². The smallest absolute Gasteiger partial charge is 0.272 e. The number of nitro groups is 1. The van der Waals surface area contributed by atoms with Gasteiger partial charge in [0.05, 0.1) is 23.3 Å². The van der Waals surface area contributed by atoms with Crippen LogP contribution in [0.15, 0.2) is 29.4 Å². The van der Waals surface area contributed by atoms with E-state index in [0.717, 1.165) is 31.4 Å². The number of hydrogen-bond donors (Lipinski definition) is 1. The highest BCUT2D eigenvalue weighted by atomic mass is 16.6. The molecule has 0 bridgehead atoms. The zero-order chi connectivity index (χ0) is 14.4.